The van der Waals surface area contributed by atoms with Crippen molar-refractivity contribution < 1.29 is 14.3 Å². The van der Waals surface area contributed by atoms with E-state index >= 15 is 0 Å². The van der Waals surface area contributed by atoms with Crippen LogP contribution in [0.15, 0.2) is 48.5 Å². The molecule has 110 valence electrons. The van der Waals surface area contributed by atoms with Crippen LogP contribution in [-0.2, 0) is 11.2 Å². The van der Waals surface area contributed by atoms with Crippen molar-refractivity contribution in [1.82, 2.24) is 0 Å². The fourth-order valence-electron chi connectivity index (χ4n) is 1.95. The predicted octanol–water partition coefficient (Wildman–Crippen LogP) is 3.28. The zero-order valence-electron chi connectivity index (χ0n) is 12.3. The lowest BCUT2D eigenvalue weighted by molar-refractivity contribution is -0.116. The number of amides is 1. The molecule has 0 bridgehead atoms. The molecule has 0 aliphatic heterocycles. The van der Waals surface area contributed by atoms with Gasteiger partial charge in [-0.25, -0.2) is 0 Å². The first-order valence-corrected chi connectivity index (χ1v) is 6.78. The minimum Gasteiger partial charge on any atom is -0.497 e. The molecule has 4 nitrogen and oxygen atoms in total. The first-order chi connectivity index (χ1) is 10.2. The van der Waals surface area contributed by atoms with Gasteiger partial charge in [-0.1, -0.05) is 12.1 Å². The van der Waals surface area contributed by atoms with Crippen LogP contribution >= 0.6 is 0 Å². The van der Waals surface area contributed by atoms with Gasteiger partial charge in [-0.05, 0) is 48.4 Å². The Morgan fingerprint density at radius 2 is 1.43 bits per heavy atom. The number of nitrogens with one attached hydrogen (secondary N) is 1. The van der Waals surface area contributed by atoms with Gasteiger partial charge in [0.15, 0.2) is 0 Å². The number of aryl methyl sites for hydroxylation is 1. The van der Waals surface area contributed by atoms with E-state index < -0.39 is 0 Å². The van der Waals surface area contributed by atoms with Crippen molar-refractivity contribution in [3.05, 3.63) is 54.1 Å². The number of benzene rings is 2. The van der Waals surface area contributed by atoms with Crippen molar-refractivity contribution in [3.8, 4) is 11.5 Å². The molecule has 1 amide bonds. The number of carbonyl (C=O) groups is 1. The molecule has 0 heterocycles. The van der Waals surface area contributed by atoms with Crippen LogP contribution in [0.4, 0.5) is 5.69 Å². The van der Waals surface area contributed by atoms with Crippen molar-refractivity contribution in [2.75, 3.05) is 19.5 Å². The van der Waals surface area contributed by atoms with Gasteiger partial charge < -0.3 is 14.8 Å². The third-order valence-corrected chi connectivity index (χ3v) is 3.17. The number of hydrogen-bond donors (Lipinski definition) is 1. The van der Waals surface area contributed by atoms with E-state index in [-0.39, 0.29) is 5.91 Å². The minimum absolute atomic E-state index is 0.00372. The smallest absolute Gasteiger partial charge is 0.224 e. The zero-order valence-corrected chi connectivity index (χ0v) is 12.3. The number of anilines is 1. The summed E-state index contributed by atoms with van der Waals surface area (Å²) in [7, 11) is 3.25. The normalized spacial score (nSPS) is 10.0. The Morgan fingerprint density at radius 1 is 0.905 bits per heavy atom. The van der Waals surface area contributed by atoms with Crippen molar-refractivity contribution in [3.63, 3.8) is 0 Å². The molecule has 2 rings (SSSR count). The van der Waals surface area contributed by atoms with E-state index in [1.807, 2.05) is 48.5 Å². The lowest BCUT2D eigenvalue weighted by Gasteiger charge is -2.07. The van der Waals surface area contributed by atoms with E-state index in [2.05, 4.69) is 5.32 Å². The average Bonchev–Trinajstić information content (AvgIpc) is 2.54. The van der Waals surface area contributed by atoms with E-state index in [0.29, 0.717) is 12.8 Å². The molecule has 2 aromatic rings. The highest BCUT2D eigenvalue weighted by Crippen LogP contribution is 2.16. The highest BCUT2D eigenvalue weighted by atomic mass is 16.5. The first kappa shape index (κ1) is 14.9. The zero-order chi connectivity index (χ0) is 15.1. The van der Waals surface area contributed by atoms with Crippen molar-refractivity contribution in [2.24, 2.45) is 0 Å². The van der Waals surface area contributed by atoms with Gasteiger partial charge in [0, 0.05) is 12.1 Å². The van der Waals surface area contributed by atoms with Gasteiger partial charge in [-0.3, -0.25) is 4.79 Å². The second kappa shape index (κ2) is 7.33. The standard InChI is InChI=1S/C17H19NO3/c1-20-15-8-3-13(4-9-15)5-12-17(19)18-14-6-10-16(21-2)11-7-14/h3-4,6-11H,5,12H2,1-2H3,(H,18,19). The van der Waals surface area contributed by atoms with E-state index in [9.17, 15) is 4.79 Å². The maximum atomic E-state index is 11.9. The molecule has 1 N–H and O–H groups in total. The second-order valence-electron chi connectivity index (χ2n) is 4.62. The summed E-state index contributed by atoms with van der Waals surface area (Å²) in [6.07, 6.45) is 1.14. The van der Waals surface area contributed by atoms with Crippen molar-refractivity contribution in [1.29, 1.82) is 0 Å². The SMILES string of the molecule is COc1ccc(CCC(=O)Nc2ccc(OC)cc2)cc1. The quantitative estimate of drug-likeness (QED) is 0.886. The van der Waals surface area contributed by atoms with E-state index in [1.165, 1.54) is 0 Å². The van der Waals surface area contributed by atoms with Gasteiger partial charge in [0.2, 0.25) is 5.91 Å². The van der Waals surface area contributed by atoms with Crippen LogP contribution in [0.3, 0.4) is 0 Å². The van der Waals surface area contributed by atoms with Crippen LogP contribution in [-0.4, -0.2) is 20.1 Å². The van der Waals surface area contributed by atoms with Gasteiger partial charge in [0.1, 0.15) is 11.5 Å². The molecule has 21 heavy (non-hydrogen) atoms. The fraction of sp³-hybridized carbons (Fsp3) is 0.235. The van der Waals surface area contributed by atoms with Gasteiger partial charge >= 0.3 is 0 Å². The monoisotopic (exact) mass is 285 g/mol. The number of ether oxygens (including phenoxy) is 2. The summed E-state index contributed by atoms with van der Waals surface area (Å²) in [6, 6.07) is 15.0. The Labute approximate surface area is 124 Å². The van der Waals surface area contributed by atoms with Crippen LogP contribution in [0.2, 0.25) is 0 Å². The molecule has 0 fully saturated rings. The summed E-state index contributed by atoms with van der Waals surface area (Å²) < 4.78 is 10.2. The molecule has 4 heteroatoms. The molecule has 0 saturated heterocycles. The minimum atomic E-state index is -0.00372. The van der Waals surface area contributed by atoms with E-state index in [0.717, 1.165) is 22.7 Å². The maximum absolute atomic E-state index is 11.9. The fourth-order valence-corrected chi connectivity index (χ4v) is 1.95. The molecule has 0 aromatic heterocycles. The summed E-state index contributed by atoms with van der Waals surface area (Å²) in [5.41, 5.74) is 1.89. The Balaban J connectivity index is 1.83. The van der Waals surface area contributed by atoms with Crippen LogP contribution in [0.5, 0.6) is 11.5 Å². The van der Waals surface area contributed by atoms with Gasteiger partial charge in [-0.15, -0.1) is 0 Å². The molecule has 0 spiro atoms. The van der Waals surface area contributed by atoms with Gasteiger partial charge in [0.05, 0.1) is 14.2 Å². The molecular formula is C17H19NO3. The van der Waals surface area contributed by atoms with E-state index in [1.54, 1.807) is 14.2 Å². The van der Waals surface area contributed by atoms with Crippen LogP contribution < -0.4 is 14.8 Å². The molecule has 0 aliphatic rings. The molecule has 0 aliphatic carbocycles. The molecular weight excluding hydrogens is 266 g/mol. The highest BCUT2D eigenvalue weighted by Gasteiger charge is 2.04. The van der Waals surface area contributed by atoms with Gasteiger partial charge in [-0.2, -0.15) is 0 Å². The highest BCUT2D eigenvalue weighted by molar-refractivity contribution is 5.90. The summed E-state index contributed by atoms with van der Waals surface area (Å²) >= 11 is 0. The number of hydrogen-bond acceptors (Lipinski definition) is 3. The van der Waals surface area contributed by atoms with Crippen molar-refractivity contribution in [2.45, 2.75) is 12.8 Å². The number of carbonyl (C=O) groups excluding carboxylic acids is 1. The Kier molecular flexibility index (Phi) is 5.21. The number of methoxy groups -OCH3 is 2. The summed E-state index contributed by atoms with van der Waals surface area (Å²) in [5.74, 6) is 1.59. The average molecular weight is 285 g/mol. The Bertz CT molecular complexity index is 576. The predicted molar refractivity (Wildman–Crippen MR) is 82.9 cm³/mol. The third kappa shape index (κ3) is 4.53. The lowest BCUT2D eigenvalue weighted by Crippen LogP contribution is -2.12. The number of rotatable bonds is 6. The summed E-state index contributed by atoms with van der Waals surface area (Å²) in [6.45, 7) is 0. The Hall–Kier alpha value is -2.49. The van der Waals surface area contributed by atoms with Crippen molar-refractivity contribution >= 4 is 11.6 Å². The van der Waals surface area contributed by atoms with E-state index in [4.69, 9.17) is 9.47 Å². The second-order valence-corrected chi connectivity index (χ2v) is 4.62. The van der Waals surface area contributed by atoms with Crippen LogP contribution in [0, 0.1) is 0 Å². The molecule has 0 saturated carbocycles. The molecule has 2 aromatic carbocycles. The maximum Gasteiger partial charge on any atom is 0.224 e. The Morgan fingerprint density at radius 3 is 1.95 bits per heavy atom. The topological polar surface area (TPSA) is 47.6 Å². The third-order valence-electron chi connectivity index (χ3n) is 3.17. The lowest BCUT2D eigenvalue weighted by atomic mass is 10.1. The molecule has 0 unspecified atom stereocenters. The first-order valence-electron chi connectivity index (χ1n) is 6.78. The largest absolute Gasteiger partial charge is 0.497 e. The van der Waals surface area contributed by atoms with Gasteiger partial charge in [0.25, 0.3) is 0 Å². The molecule has 0 radical (unpaired) electrons. The summed E-state index contributed by atoms with van der Waals surface area (Å²) in [5, 5.41) is 2.87. The van der Waals surface area contributed by atoms with Crippen LogP contribution in [0.25, 0.3) is 0 Å². The molecule has 0 atom stereocenters. The van der Waals surface area contributed by atoms with Crippen LogP contribution in [0.1, 0.15) is 12.0 Å². The summed E-state index contributed by atoms with van der Waals surface area (Å²) in [4.78, 5) is 11.9.